The molecule has 15 heavy (non-hydrogen) atoms. The Hall–Kier alpha value is -0.560. The van der Waals surface area contributed by atoms with Crippen molar-refractivity contribution in [3.63, 3.8) is 0 Å². The van der Waals surface area contributed by atoms with E-state index < -0.39 is 0 Å². The SMILES string of the molecule is CC1=CCCCC1OC1CCCC=C1C. The highest BCUT2D eigenvalue weighted by atomic mass is 16.5. The van der Waals surface area contributed by atoms with Crippen LogP contribution in [0.25, 0.3) is 0 Å². The maximum absolute atomic E-state index is 6.22. The van der Waals surface area contributed by atoms with Crippen LogP contribution in [0.3, 0.4) is 0 Å². The fourth-order valence-corrected chi connectivity index (χ4v) is 2.53. The van der Waals surface area contributed by atoms with Gasteiger partial charge in [0.05, 0.1) is 12.2 Å². The van der Waals surface area contributed by atoms with Gasteiger partial charge in [0.25, 0.3) is 0 Å². The third-order valence-electron chi connectivity index (χ3n) is 3.62. The zero-order valence-corrected chi connectivity index (χ0v) is 9.96. The topological polar surface area (TPSA) is 9.23 Å². The van der Waals surface area contributed by atoms with Crippen molar-refractivity contribution >= 4 is 0 Å². The summed E-state index contributed by atoms with van der Waals surface area (Å²) in [6, 6.07) is 0. The van der Waals surface area contributed by atoms with Crippen molar-refractivity contribution < 1.29 is 4.74 Å². The summed E-state index contributed by atoms with van der Waals surface area (Å²) in [5, 5.41) is 0. The van der Waals surface area contributed by atoms with Gasteiger partial charge in [-0.25, -0.2) is 0 Å². The molecule has 2 atom stereocenters. The molecule has 0 N–H and O–H groups in total. The van der Waals surface area contributed by atoms with Gasteiger partial charge in [-0.1, -0.05) is 12.2 Å². The van der Waals surface area contributed by atoms with E-state index in [0.29, 0.717) is 12.2 Å². The molecule has 0 saturated heterocycles. The Morgan fingerprint density at radius 3 is 1.80 bits per heavy atom. The van der Waals surface area contributed by atoms with E-state index in [-0.39, 0.29) is 0 Å². The van der Waals surface area contributed by atoms with Crippen LogP contribution in [0.2, 0.25) is 0 Å². The summed E-state index contributed by atoms with van der Waals surface area (Å²) in [4.78, 5) is 0. The van der Waals surface area contributed by atoms with Crippen LogP contribution in [0.1, 0.15) is 52.4 Å². The quantitative estimate of drug-likeness (QED) is 0.620. The van der Waals surface area contributed by atoms with Crippen molar-refractivity contribution in [2.75, 3.05) is 0 Å². The number of allylic oxidation sites excluding steroid dienone is 2. The molecule has 0 heterocycles. The molecule has 0 radical (unpaired) electrons. The maximum atomic E-state index is 6.22. The second kappa shape index (κ2) is 4.98. The van der Waals surface area contributed by atoms with Crippen molar-refractivity contribution in [1.82, 2.24) is 0 Å². The minimum Gasteiger partial charge on any atom is -0.366 e. The minimum absolute atomic E-state index is 0.394. The van der Waals surface area contributed by atoms with E-state index in [1.54, 1.807) is 0 Å². The van der Waals surface area contributed by atoms with Crippen LogP contribution in [0.5, 0.6) is 0 Å². The van der Waals surface area contributed by atoms with Crippen LogP contribution in [0, 0.1) is 0 Å². The summed E-state index contributed by atoms with van der Waals surface area (Å²) in [6.07, 6.45) is 13.0. The van der Waals surface area contributed by atoms with E-state index in [1.165, 1.54) is 49.7 Å². The lowest BCUT2D eigenvalue weighted by Gasteiger charge is -2.30. The predicted octanol–water partition coefficient (Wildman–Crippen LogP) is 4.00. The lowest BCUT2D eigenvalue weighted by atomic mass is 9.94. The van der Waals surface area contributed by atoms with Gasteiger partial charge in [-0.15, -0.1) is 0 Å². The largest absolute Gasteiger partial charge is 0.366 e. The van der Waals surface area contributed by atoms with E-state index >= 15 is 0 Å². The highest BCUT2D eigenvalue weighted by Gasteiger charge is 2.22. The third kappa shape index (κ3) is 2.72. The highest BCUT2D eigenvalue weighted by Crippen LogP contribution is 2.27. The number of hydrogen-bond acceptors (Lipinski definition) is 1. The van der Waals surface area contributed by atoms with E-state index in [0.717, 1.165) is 0 Å². The average Bonchev–Trinajstić information content (AvgIpc) is 2.24. The Labute approximate surface area is 93.2 Å². The lowest BCUT2D eigenvalue weighted by Crippen LogP contribution is -2.27. The molecule has 1 heteroatoms. The van der Waals surface area contributed by atoms with Crippen molar-refractivity contribution in [2.45, 2.75) is 64.6 Å². The van der Waals surface area contributed by atoms with E-state index in [2.05, 4.69) is 26.0 Å². The third-order valence-corrected chi connectivity index (χ3v) is 3.62. The molecule has 0 saturated carbocycles. The van der Waals surface area contributed by atoms with Crippen LogP contribution in [-0.2, 0) is 4.74 Å². The molecular weight excluding hydrogens is 184 g/mol. The van der Waals surface area contributed by atoms with Gasteiger partial charge < -0.3 is 4.74 Å². The molecule has 0 fully saturated rings. The molecule has 2 aliphatic rings. The summed E-state index contributed by atoms with van der Waals surface area (Å²) in [6.45, 7) is 4.43. The first-order valence-corrected chi connectivity index (χ1v) is 6.26. The summed E-state index contributed by atoms with van der Waals surface area (Å²) >= 11 is 0. The Morgan fingerprint density at radius 1 is 0.933 bits per heavy atom. The van der Waals surface area contributed by atoms with Crippen molar-refractivity contribution in [1.29, 1.82) is 0 Å². The molecular formula is C14H22O. The Balaban J connectivity index is 1.96. The van der Waals surface area contributed by atoms with Gasteiger partial charge in [-0.3, -0.25) is 0 Å². The van der Waals surface area contributed by atoms with Gasteiger partial charge in [0.2, 0.25) is 0 Å². The van der Waals surface area contributed by atoms with Gasteiger partial charge in [-0.2, -0.15) is 0 Å². The first-order chi connectivity index (χ1) is 7.27. The molecule has 0 amide bonds. The Morgan fingerprint density at radius 2 is 1.40 bits per heavy atom. The standard InChI is InChI=1S/C14H22O/c1-11-7-3-5-9-13(11)15-14-10-6-4-8-12(14)2/h7-8,13-14H,3-6,9-10H2,1-2H3. The smallest absolute Gasteiger partial charge is 0.0790 e. The Bertz CT molecular complexity index is 247. The molecule has 2 rings (SSSR count). The summed E-state index contributed by atoms with van der Waals surface area (Å²) < 4.78 is 6.22. The first-order valence-electron chi connectivity index (χ1n) is 6.26. The normalized spacial score (nSPS) is 32.1. The molecule has 0 bridgehead atoms. The van der Waals surface area contributed by atoms with Crippen LogP contribution >= 0.6 is 0 Å². The monoisotopic (exact) mass is 206 g/mol. The van der Waals surface area contributed by atoms with E-state index in [4.69, 9.17) is 4.74 Å². The minimum atomic E-state index is 0.394. The summed E-state index contributed by atoms with van der Waals surface area (Å²) in [5.41, 5.74) is 2.89. The average molecular weight is 206 g/mol. The summed E-state index contributed by atoms with van der Waals surface area (Å²) in [7, 11) is 0. The molecule has 2 unspecified atom stereocenters. The molecule has 0 aromatic carbocycles. The van der Waals surface area contributed by atoms with Gasteiger partial charge in [-0.05, 0) is 63.5 Å². The maximum Gasteiger partial charge on any atom is 0.0790 e. The predicted molar refractivity (Wildman–Crippen MR) is 63.9 cm³/mol. The molecule has 0 aliphatic heterocycles. The van der Waals surface area contributed by atoms with Crippen LogP contribution in [-0.4, -0.2) is 12.2 Å². The molecule has 2 aliphatic carbocycles. The second-order valence-electron chi connectivity index (χ2n) is 4.87. The fraction of sp³-hybridized carbons (Fsp3) is 0.714. The molecule has 0 aromatic heterocycles. The van der Waals surface area contributed by atoms with Crippen molar-refractivity contribution in [3.8, 4) is 0 Å². The van der Waals surface area contributed by atoms with Gasteiger partial charge >= 0.3 is 0 Å². The lowest BCUT2D eigenvalue weighted by molar-refractivity contribution is 0.0126. The zero-order chi connectivity index (χ0) is 10.7. The van der Waals surface area contributed by atoms with Gasteiger partial charge in [0.15, 0.2) is 0 Å². The van der Waals surface area contributed by atoms with Crippen LogP contribution in [0.4, 0.5) is 0 Å². The van der Waals surface area contributed by atoms with Crippen molar-refractivity contribution in [2.24, 2.45) is 0 Å². The van der Waals surface area contributed by atoms with Crippen LogP contribution < -0.4 is 0 Å². The van der Waals surface area contributed by atoms with E-state index in [9.17, 15) is 0 Å². The van der Waals surface area contributed by atoms with Crippen LogP contribution in [0.15, 0.2) is 23.3 Å². The highest BCUT2D eigenvalue weighted by molar-refractivity contribution is 5.12. The van der Waals surface area contributed by atoms with E-state index in [1.807, 2.05) is 0 Å². The summed E-state index contributed by atoms with van der Waals surface area (Å²) in [5.74, 6) is 0. The molecule has 0 spiro atoms. The number of ether oxygens (including phenoxy) is 1. The fourth-order valence-electron chi connectivity index (χ4n) is 2.53. The second-order valence-corrected chi connectivity index (χ2v) is 4.87. The first kappa shape index (κ1) is 10.9. The number of rotatable bonds is 2. The van der Waals surface area contributed by atoms with Gasteiger partial charge in [0.1, 0.15) is 0 Å². The van der Waals surface area contributed by atoms with Gasteiger partial charge in [0, 0.05) is 0 Å². The van der Waals surface area contributed by atoms with Crippen molar-refractivity contribution in [3.05, 3.63) is 23.3 Å². The zero-order valence-electron chi connectivity index (χ0n) is 9.96. The molecule has 1 nitrogen and oxygen atoms in total. The Kier molecular flexibility index (Phi) is 3.63. The molecule has 0 aromatic rings. The number of hydrogen-bond donors (Lipinski definition) is 0. The molecule has 84 valence electrons.